The molecule has 5 nitrogen and oxygen atoms in total. The number of nitrogens with one attached hydrogen (secondary N) is 1. The first-order valence-electron chi connectivity index (χ1n) is 6.64. The normalized spacial score (nSPS) is 23.6. The molecule has 0 bridgehead atoms. The Morgan fingerprint density at radius 2 is 1.85 bits per heavy atom. The Morgan fingerprint density at radius 3 is 2.40 bits per heavy atom. The van der Waals surface area contributed by atoms with Gasteiger partial charge in [-0.2, -0.15) is 0 Å². The van der Waals surface area contributed by atoms with Crippen LogP contribution in [0.4, 0.5) is 0 Å². The highest BCUT2D eigenvalue weighted by atomic mass is 32.2. The number of piperazine rings is 1. The minimum atomic E-state index is -3.30. The maximum atomic E-state index is 12.6. The molecule has 0 radical (unpaired) electrons. The third-order valence-electron chi connectivity index (χ3n) is 3.57. The van der Waals surface area contributed by atoms with E-state index >= 15 is 0 Å². The van der Waals surface area contributed by atoms with Crippen molar-refractivity contribution in [2.24, 2.45) is 0 Å². The molecular weight excluding hydrogens is 276 g/mol. The summed E-state index contributed by atoms with van der Waals surface area (Å²) in [6.07, 6.45) is 1.15. The van der Waals surface area contributed by atoms with E-state index < -0.39 is 9.84 Å². The molecule has 2 unspecified atom stereocenters. The van der Waals surface area contributed by atoms with Gasteiger partial charge >= 0.3 is 0 Å². The highest BCUT2D eigenvalue weighted by Gasteiger charge is 2.29. The predicted octanol–water partition coefficient (Wildman–Crippen LogP) is 0.912. The van der Waals surface area contributed by atoms with Crippen molar-refractivity contribution in [1.82, 2.24) is 10.2 Å². The average Bonchev–Trinajstić information content (AvgIpc) is 2.37. The summed E-state index contributed by atoms with van der Waals surface area (Å²) in [5, 5.41) is 3.27. The molecule has 110 valence electrons. The van der Waals surface area contributed by atoms with Crippen LogP contribution in [0, 0.1) is 0 Å². The molecule has 2 atom stereocenters. The zero-order valence-electron chi connectivity index (χ0n) is 12.0. The summed E-state index contributed by atoms with van der Waals surface area (Å²) in [5.41, 5.74) is 0.425. The van der Waals surface area contributed by atoms with E-state index in [0.29, 0.717) is 5.56 Å². The number of amides is 1. The van der Waals surface area contributed by atoms with Crippen LogP contribution < -0.4 is 5.32 Å². The Kier molecular flexibility index (Phi) is 4.15. The smallest absolute Gasteiger partial charge is 0.254 e. The second-order valence-electron chi connectivity index (χ2n) is 5.37. The summed E-state index contributed by atoms with van der Waals surface area (Å²) in [5.74, 6) is -0.114. The summed E-state index contributed by atoms with van der Waals surface area (Å²) in [6, 6.07) is 6.43. The van der Waals surface area contributed by atoms with Crippen molar-refractivity contribution in [2.75, 3.05) is 19.3 Å². The molecule has 1 amide bonds. The van der Waals surface area contributed by atoms with E-state index in [1.54, 1.807) is 12.1 Å². The Labute approximate surface area is 119 Å². The summed E-state index contributed by atoms with van der Waals surface area (Å²) in [6.45, 7) is 5.48. The van der Waals surface area contributed by atoms with Gasteiger partial charge in [0.05, 0.1) is 4.90 Å². The summed E-state index contributed by atoms with van der Waals surface area (Å²) in [7, 11) is -3.30. The second kappa shape index (κ2) is 5.54. The molecule has 1 saturated heterocycles. The van der Waals surface area contributed by atoms with Gasteiger partial charge in [-0.25, -0.2) is 8.42 Å². The molecule has 1 aliphatic heterocycles. The molecule has 6 heteroatoms. The van der Waals surface area contributed by atoms with Crippen LogP contribution in [-0.4, -0.2) is 50.7 Å². The van der Waals surface area contributed by atoms with Gasteiger partial charge in [0, 0.05) is 37.0 Å². The number of hydrogen-bond acceptors (Lipinski definition) is 4. The molecule has 1 aromatic carbocycles. The topological polar surface area (TPSA) is 66.5 Å². The molecule has 1 heterocycles. The fourth-order valence-electron chi connectivity index (χ4n) is 2.54. The van der Waals surface area contributed by atoms with Crippen molar-refractivity contribution < 1.29 is 13.2 Å². The van der Waals surface area contributed by atoms with Gasteiger partial charge in [-0.3, -0.25) is 4.79 Å². The molecule has 1 fully saturated rings. The lowest BCUT2D eigenvalue weighted by molar-refractivity contribution is 0.0544. The lowest BCUT2D eigenvalue weighted by Crippen LogP contribution is -2.57. The van der Waals surface area contributed by atoms with Crippen LogP contribution in [0.5, 0.6) is 0 Å². The number of nitrogens with zero attached hydrogens (tertiary/aromatic N) is 1. The molecule has 1 aliphatic rings. The first kappa shape index (κ1) is 15.0. The Bertz CT molecular complexity index is 603. The SMILES string of the molecule is CC1CNCC(C)N1C(=O)c1cccc(S(C)(=O)=O)c1. The fourth-order valence-corrected chi connectivity index (χ4v) is 3.21. The molecular formula is C14H20N2O3S. The van der Waals surface area contributed by atoms with Gasteiger partial charge in [0.2, 0.25) is 0 Å². The van der Waals surface area contributed by atoms with Crippen LogP contribution >= 0.6 is 0 Å². The number of carbonyl (C=O) groups excluding carboxylic acids is 1. The zero-order valence-corrected chi connectivity index (χ0v) is 12.8. The average molecular weight is 296 g/mol. The maximum absolute atomic E-state index is 12.6. The number of carbonyl (C=O) groups is 1. The minimum absolute atomic E-state index is 0.0909. The standard InChI is InChI=1S/C14H20N2O3S/c1-10-8-15-9-11(2)16(10)14(17)12-5-4-6-13(7-12)20(3,18)19/h4-7,10-11,15H,8-9H2,1-3H3. The lowest BCUT2D eigenvalue weighted by atomic mass is 10.1. The zero-order chi connectivity index (χ0) is 14.9. The fraction of sp³-hybridized carbons (Fsp3) is 0.500. The van der Waals surface area contributed by atoms with Gasteiger partial charge < -0.3 is 10.2 Å². The van der Waals surface area contributed by atoms with Crippen molar-refractivity contribution in [2.45, 2.75) is 30.8 Å². The Hall–Kier alpha value is -1.40. The lowest BCUT2D eigenvalue weighted by Gasteiger charge is -2.39. The molecule has 0 saturated carbocycles. The molecule has 0 aliphatic carbocycles. The van der Waals surface area contributed by atoms with Gasteiger partial charge in [-0.1, -0.05) is 6.07 Å². The third kappa shape index (κ3) is 3.02. The first-order chi connectivity index (χ1) is 9.30. The van der Waals surface area contributed by atoms with Gasteiger partial charge in [-0.15, -0.1) is 0 Å². The highest BCUT2D eigenvalue weighted by molar-refractivity contribution is 7.90. The maximum Gasteiger partial charge on any atom is 0.254 e. The quantitative estimate of drug-likeness (QED) is 0.881. The van der Waals surface area contributed by atoms with E-state index in [1.165, 1.54) is 12.1 Å². The van der Waals surface area contributed by atoms with E-state index in [0.717, 1.165) is 19.3 Å². The summed E-state index contributed by atoms with van der Waals surface area (Å²) < 4.78 is 23.2. The van der Waals surface area contributed by atoms with E-state index in [-0.39, 0.29) is 22.9 Å². The molecule has 2 rings (SSSR count). The van der Waals surface area contributed by atoms with Crippen molar-refractivity contribution in [3.63, 3.8) is 0 Å². The van der Waals surface area contributed by atoms with Crippen LogP contribution in [0.25, 0.3) is 0 Å². The predicted molar refractivity (Wildman–Crippen MR) is 77.5 cm³/mol. The van der Waals surface area contributed by atoms with Gasteiger partial charge in [0.15, 0.2) is 9.84 Å². The molecule has 0 spiro atoms. The Balaban J connectivity index is 2.33. The third-order valence-corrected chi connectivity index (χ3v) is 4.68. The number of sulfone groups is 1. The van der Waals surface area contributed by atoms with Crippen LogP contribution in [0.3, 0.4) is 0 Å². The summed E-state index contributed by atoms with van der Waals surface area (Å²) >= 11 is 0. The van der Waals surface area contributed by atoms with Crippen molar-refractivity contribution in [1.29, 1.82) is 0 Å². The van der Waals surface area contributed by atoms with Crippen LogP contribution in [-0.2, 0) is 9.84 Å². The summed E-state index contributed by atoms with van der Waals surface area (Å²) in [4.78, 5) is 14.6. The molecule has 20 heavy (non-hydrogen) atoms. The van der Waals surface area contributed by atoms with Crippen LogP contribution in [0.2, 0.25) is 0 Å². The van der Waals surface area contributed by atoms with Crippen molar-refractivity contribution in [3.8, 4) is 0 Å². The van der Waals surface area contributed by atoms with Gasteiger partial charge in [0.25, 0.3) is 5.91 Å². The van der Waals surface area contributed by atoms with E-state index in [1.807, 2.05) is 18.7 Å². The van der Waals surface area contributed by atoms with Gasteiger partial charge in [-0.05, 0) is 32.0 Å². The van der Waals surface area contributed by atoms with Crippen molar-refractivity contribution >= 4 is 15.7 Å². The first-order valence-corrected chi connectivity index (χ1v) is 8.53. The number of rotatable bonds is 2. The van der Waals surface area contributed by atoms with Crippen LogP contribution in [0.1, 0.15) is 24.2 Å². The molecule has 0 aromatic heterocycles. The van der Waals surface area contributed by atoms with Crippen LogP contribution in [0.15, 0.2) is 29.2 Å². The van der Waals surface area contributed by atoms with Crippen molar-refractivity contribution in [3.05, 3.63) is 29.8 Å². The highest BCUT2D eigenvalue weighted by Crippen LogP contribution is 2.17. The number of hydrogen-bond donors (Lipinski definition) is 1. The Morgan fingerprint density at radius 1 is 1.25 bits per heavy atom. The van der Waals surface area contributed by atoms with E-state index in [9.17, 15) is 13.2 Å². The minimum Gasteiger partial charge on any atom is -0.331 e. The van der Waals surface area contributed by atoms with E-state index in [4.69, 9.17) is 0 Å². The van der Waals surface area contributed by atoms with E-state index in [2.05, 4.69) is 5.32 Å². The molecule has 1 N–H and O–H groups in total. The monoisotopic (exact) mass is 296 g/mol. The second-order valence-corrected chi connectivity index (χ2v) is 7.38. The molecule has 1 aromatic rings. The van der Waals surface area contributed by atoms with Gasteiger partial charge in [0.1, 0.15) is 0 Å². The largest absolute Gasteiger partial charge is 0.331 e. The number of benzene rings is 1.